The molecule has 0 saturated heterocycles. The summed E-state index contributed by atoms with van der Waals surface area (Å²) in [4.78, 5) is 34.7. The van der Waals surface area contributed by atoms with Gasteiger partial charge in [0.25, 0.3) is 0 Å². The predicted molar refractivity (Wildman–Crippen MR) is 100 cm³/mol. The maximum Gasteiger partial charge on any atom is 0.407 e. The van der Waals surface area contributed by atoms with Gasteiger partial charge in [0.2, 0.25) is 5.91 Å². The van der Waals surface area contributed by atoms with E-state index in [-0.39, 0.29) is 16.9 Å². The van der Waals surface area contributed by atoms with Gasteiger partial charge in [0, 0.05) is 6.54 Å². The molecule has 0 aliphatic rings. The minimum absolute atomic E-state index is 0.128. The maximum atomic E-state index is 12.1. The van der Waals surface area contributed by atoms with Crippen molar-refractivity contribution in [2.24, 2.45) is 0 Å². The fourth-order valence-corrected chi connectivity index (χ4v) is 2.14. The van der Waals surface area contributed by atoms with Gasteiger partial charge in [-0.3, -0.25) is 4.79 Å². The molecule has 0 aromatic heterocycles. The molecule has 0 radical (unpaired) electrons. The van der Waals surface area contributed by atoms with Gasteiger partial charge in [-0.05, 0) is 33.1 Å². The molecule has 0 saturated carbocycles. The first kappa shape index (κ1) is 22.2. The summed E-state index contributed by atoms with van der Waals surface area (Å²) in [5.41, 5.74) is 0. The molecule has 0 rings (SSSR count). The Hall–Kier alpha value is -0.765. The van der Waals surface area contributed by atoms with Crippen molar-refractivity contribution in [2.75, 3.05) is 19.8 Å². The van der Waals surface area contributed by atoms with E-state index in [4.69, 9.17) is 9.47 Å². The van der Waals surface area contributed by atoms with E-state index in [9.17, 15) is 14.4 Å². The molecule has 0 aromatic rings. The van der Waals surface area contributed by atoms with Crippen molar-refractivity contribution < 1.29 is 23.9 Å². The first-order valence-electron chi connectivity index (χ1n) is 7.44. The predicted octanol–water partition coefficient (Wildman–Crippen LogP) is 1.43. The van der Waals surface area contributed by atoms with Crippen LogP contribution < -0.4 is 15.9 Å². The summed E-state index contributed by atoms with van der Waals surface area (Å²) < 4.78 is 9.42. The lowest BCUT2D eigenvalue weighted by atomic mass is 10.1. The van der Waals surface area contributed by atoms with Crippen LogP contribution in [0.2, 0.25) is 0 Å². The van der Waals surface area contributed by atoms with Gasteiger partial charge < -0.3 is 25.3 Å². The Morgan fingerprint density at radius 3 is 2.30 bits per heavy atom. The average Bonchev–Trinajstić information content (AvgIpc) is 2.45. The molecule has 0 aliphatic heterocycles. The molecular weight excluding hydrogens is 435 g/mol. The normalized spacial score (nSPS) is 11.1. The van der Waals surface area contributed by atoms with Gasteiger partial charge in [0.15, 0.2) is 0 Å². The minimum atomic E-state index is -0.672. The molecule has 11 heteroatoms. The molecule has 0 aromatic carbocycles. The second kappa shape index (κ2) is 13.7. The van der Waals surface area contributed by atoms with E-state index in [2.05, 4.69) is 25.0 Å². The third-order valence-corrected chi connectivity index (χ3v) is 3.11. The number of carbonyl (C=O) groups excluding carboxylic acids is 3. The molecular formula is C12H24BIN3O5P. The van der Waals surface area contributed by atoms with Crippen molar-refractivity contribution in [3.05, 3.63) is 0 Å². The topological polar surface area (TPSA) is 106 Å². The van der Waals surface area contributed by atoms with Crippen LogP contribution >= 0.6 is 31.5 Å². The molecule has 8 nitrogen and oxygen atoms in total. The van der Waals surface area contributed by atoms with E-state index in [0.717, 1.165) is 0 Å². The van der Waals surface area contributed by atoms with E-state index in [1.807, 2.05) is 22.4 Å². The van der Waals surface area contributed by atoms with Gasteiger partial charge in [0.1, 0.15) is 6.04 Å². The molecule has 3 N–H and O–H groups in total. The van der Waals surface area contributed by atoms with E-state index in [1.54, 1.807) is 13.8 Å². The van der Waals surface area contributed by atoms with E-state index in [1.165, 1.54) is 0 Å². The Labute approximate surface area is 152 Å². The summed E-state index contributed by atoms with van der Waals surface area (Å²) in [6.07, 6.45) is 0.693. The van der Waals surface area contributed by atoms with Crippen LogP contribution in [0, 0.1) is 0 Å². The van der Waals surface area contributed by atoms with Gasteiger partial charge in [0.05, 0.1) is 13.2 Å². The molecule has 132 valence electrons. The number of ether oxygens (including phenoxy) is 2. The molecule has 0 heterocycles. The zero-order valence-electron chi connectivity index (χ0n) is 13.4. The number of rotatable bonds is 10. The lowest BCUT2D eigenvalue weighted by molar-refractivity contribution is -0.121. The van der Waals surface area contributed by atoms with Crippen LogP contribution in [0.5, 0.6) is 0 Å². The fraction of sp³-hybridized carbons (Fsp3) is 0.750. The Balaban J connectivity index is 4.22. The number of hydrogen-bond donors (Lipinski definition) is 3. The highest BCUT2D eigenvalue weighted by Crippen LogP contribution is 2.05. The third-order valence-electron chi connectivity index (χ3n) is 2.63. The number of nitrogens with one attached hydrogen (secondary N) is 3. The summed E-state index contributed by atoms with van der Waals surface area (Å²) in [6.45, 7) is 4.44. The van der Waals surface area contributed by atoms with Gasteiger partial charge in [-0.2, -0.15) is 0 Å². The zero-order valence-corrected chi connectivity index (χ0v) is 16.7. The number of hydrogen-bond acceptors (Lipinski definition) is 5. The van der Waals surface area contributed by atoms with Crippen LogP contribution in [0.15, 0.2) is 0 Å². The standard InChI is InChI=1S/C12H24BIN3O5P/c1-3-21-11(19)15-8-6-5-7-9(10(18)17-13(14)23)16-12(20)22-4-2/h9H,3-8,23H2,1-2H3,(H,15,19)(H,16,20)(H,17,18). The van der Waals surface area contributed by atoms with Crippen LogP contribution in [-0.2, 0) is 14.3 Å². The Bertz CT molecular complexity index is 390. The Morgan fingerprint density at radius 2 is 1.74 bits per heavy atom. The van der Waals surface area contributed by atoms with Crippen molar-refractivity contribution in [3.63, 3.8) is 0 Å². The first-order chi connectivity index (χ1) is 10.9. The number of carbonyl (C=O) groups is 3. The fourth-order valence-electron chi connectivity index (χ4n) is 1.67. The summed E-state index contributed by atoms with van der Waals surface area (Å²) in [5.74, 6) is -0.272. The molecule has 3 amide bonds. The minimum Gasteiger partial charge on any atom is -0.450 e. The van der Waals surface area contributed by atoms with E-state index >= 15 is 0 Å². The summed E-state index contributed by atoms with van der Waals surface area (Å²) in [5, 5.41) is 7.86. The second-order valence-corrected chi connectivity index (χ2v) is 7.84. The third kappa shape index (κ3) is 12.3. The largest absolute Gasteiger partial charge is 0.450 e. The van der Waals surface area contributed by atoms with Gasteiger partial charge in [-0.1, -0.05) is 0 Å². The Morgan fingerprint density at radius 1 is 1.13 bits per heavy atom. The number of amides is 3. The maximum absolute atomic E-state index is 12.1. The lowest BCUT2D eigenvalue weighted by Crippen LogP contribution is -2.48. The molecule has 0 spiro atoms. The van der Waals surface area contributed by atoms with Gasteiger partial charge >= 0.3 is 16.6 Å². The van der Waals surface area contributed by atoms with Crippen molar-refractivity contribution in [1.82, 2.24) is 15.9 Å². The monoisotopic (exact) mass is 459 g/mol. The van der Waals surface area contributed by atoms with Gasteiger partial charge in [-0.15, -0.1) is 31.5 Å². The first-order valence-corrected chi connectivity index (χ1v) is 9.35. The number of halogens is 1. The zero-order chi connectivity index (χ0) is 17.7. The second-order valence-electron chi connectivity index (χ2n) is 4.47. The van der Waals surface area contributed by atoms with E-state index < -0.39 is 18.2 Å². The molecule has 0 aliphatic carbocycles. The summed E-state index contributed by atoms with van der Waals surface area (Å²) in [7, 11) is 2.45. The van der Waals surface area contributed by atoms with Crippen molar-refractivity contribution in [3.8, 4) is 0 Å². The highest BCUT2D eigenvalue weighted by Gasteiger charge is 2.22. The average molecular weight is 459 g/mol. The SMILES string of the molecule is CCOC(=O)NCCCCC(NC(=O)OCC)C(=O)NB(P)I. The molecule has 0 bridgehead atoms. The summed E-state index contributed by atoms with van der Waals surface area (Å²) in [6, 6.07) is -0.672. The number of unbranched alkanes of at least 4 members (excludes halogenated alkanes) is 1. The lowest BCUT2D eigenvalue weighted by Gasteiger charge is -2.18. The highest BCUT2D eigenvalue weighted by molar-refractivity contribution is 14.1. The van der Waals surface area contributed by atoms with Crippen LogP contribution in [-0.4, -0.2) is 48.3 Å². The van der Waals surface area contributed by atoms with Crippen molar-refractivity contribution in [2.45, 2.75) is 39.2 Å². The molecule has 2 atom stereocenters. The van der Waals surface area contributed by atoms with Crippen LogP contribution in [0.3, 0.4) is 0 Å². The Kier molecular flexibility index (Phi) is 13.2. The van der Waals surface area contributed by atoms with Crippen LogP contribution in [0.4, 0.5) is 9.59 Å². The van der Waals surface area contributed by atoms with Crippen LogP contribution in [0.1, 0.15) is 33.1 Å². The van der Waals surface area contributed by atoms with Crippen molar-refractivity contribution in [1.29, 1.82) is 0 Å². The molecule has 23 heavy (non-hydrogen) atoms. The van der Waals surface area contributed by atoms with Crippen molar-refractivity contribution >= 4 is 54.0 Å². The number of alkyl carbamates (subject to hydrolysis) is 2. The van der Waals surface area contributed by atoms with Crippen LogP contribution in [0.25, 0.3) is 0 Å². The quantitative estimate of drug-likeness (QED) is 0.199. The highest BCUT2D eigenvalue weighted by atomic mass is 127. The molecule has 0 fully saturated rings. The van der Waals surface area contributed by atoms with E-state index in [0.29, 0.717) is 32.4 Å². The summed E-state index contributed by atoms with van der Waals surface area (Å²) >= 11 is 2.03. The molecule has 2 unspecified atom stereocenters. The van der Waals surface area contributed by atoms with Gasteiger partial charge in [-0.25, -0.2) is 9.59 Å². The smallest absolute Gasteiger partial charge is 0.407 e.